The van der Waals surface area contributed by atoms with Gasteiger partial charge in [0.15, 0.2) is 0 Å². The molecule has 0 aliphatic carbocycles. The Bertz CT molecular complexity index is 3980. The van der Waals surface area contributed by atoms with Crippen molar-refractivity contribution in [3.8, 4) is 66.9 Å². The highest BCUT2D eigenvalue weighted by Crippen LogP contribution is 2.49. The van der Waals surface area contributed by atoms with E-state index in [9.17, 15) is 0 Å². The number of nitrogens with zero attached hydrogens (tertiary/aromatic N) is 1. The van der Waals surface area contributed by atoms with Crippen LogP contribution in [0.4, 0.5) is 0 Å². The summed E-state index contributed by atoms with van der Waals surface area (Å²) in [6, 6.07) is 90.9. The highest BCUT2D eigenvalue weighted by Gasteiger charge is 2.22. The number of benzene rings is 12. The second-order valence-corrected chi connectivity index (χ2v) is 17.3. The molecule has 0 saturated heterocycles. The molecule has 66 heavy (non-hydrogen) atoms. The number of aromatic nitrogens is 1. The summed E-state index contributed by atoms with van der Waals surface area (Å²) < 4.78 is 0. The first-order valence-corrected chi connectivity index (χ1v) is 22.8. The van der Waals surface area contributed by atoms with Gasteiger partial charge in [-0.05, 0) is 117 Å². The Morgan fingerprint density at radius 3 is 1.33 bits per heavy atom. The molecule has 0 bridgehead atoms. The lowest BCUT2D eigenvalue weighted by molar-refractivity contribution is 1.43. The maximum absolute atomic E-state index is 5.47. The van der Waals surface area contributed by atoms with Gasteiger partial charge >= 0.3 is 0 Å². The van der Waals surface area contributed by atoms with Crippen LogP contribution in [0.1, 0.15) is 0 Å². The minimum atomic E-state index is 0.997. The first-order valence-electron chi connectivity index (χ1n) is 22.8. The SMILES string of the molecule is c1ccc(-c2ccccc2-c2ccccc2-c2ccc(-c3c4ccccc4c(-c4cc5c(-c6ccc7ccccc7c6)nc6ccccc6c5c5ccccc45)c4ccccc34)cc2)cc1. The van der Waals surface area contributed by atoms with Crippen LogP contribution in [0, 0.1) is 0 Å². The fourth-order valence-corrected chi connectivity index (χ4v) is 10.7. The average molecular weight is 836 g/mol. The first-order chi connectivity index (χ1) is 32.8. The molecule has 0 N–H and O–H groups in total. The van der Waals surface area contributed by atoms with E-state index in [4.69, 9.17) is 4.98 Å². The topological polar surface area (TPSA) is 12.9 Å². The predicted octanol–water partition coefficient (Wildman–Crippen LogP) is 18.0. The van der Waals surface area contributed by atoms with Gasteiger partial charge in [0.2, 0.25) is 0 Å². The summed E-state index contributed by atoms with van der Waals surface area (Å²) in [6.45, 7) is 0. The lowest BCUT2D eigenvalue weighted by Gasteiger charge is -2.21. The van der Waals surface area contributed by atoms with Crippen LogP contribution in [0.3, 0.4) is 0 Å². The van der Waals surface area contributed by atoms with Gasteiger partial charge in [-0.25, -0.2) is 4.98 Å². The van der Waals surface area contributed by atoms with Crippen LogP contribution in [-0.2, 0) is 0 Å². The number of para-hydroxylation sites is 1. The zero-order valence-corrected chi connectivity index (χ0v) is 36.1. The van der Waals surface area contributed by atoms with Gasteiger partial charge in [-0.15, -0.1) is 0 Å². The van der Waals surface area contributed by atoms with Gasteiger partial charge in [0.25, 0.3) is 0 Å². The van der Waals surface area contributed by atoms with Crippen molar-refractivity contribution in [1.82, 2.24) is 4.98 Å². The van der Waals surface area contributed by atoms with E-state index in [1.165, 1.54) is 104 Å². The molecule has 0 unspecified atom stereocenters. The predicted molar refractivity (Wildman–Crippen MR) is 282 cm³/mol. The van der Waals surface area contributed by atoms with E-state index in [1.54, 1.807) is 0 Å². The normalized spacial score (nSPS) is 11.6. The Morgan fingerprint density at radius 2 is 0.682 bits per heavy atom. The van der Waals surface area contributed by atoms with E-state index in [0.29, 0.717) is 0 Å². The molecule has 306 valence electrons. The number of rotatable bonds is 6. The summed E-state index contributed by atoms with van der Waals surface area (Å²) in [5, 5.41) is 13.3. The molecule has 1 heterocycles. The van der Waals surface area contributed by atoms with Crippen LogP contribution in [0.25, 0.3) is 132 Å². The number of pyridine rings is 1. The van der Waals surface area contributed by atoms with Crippen molar-refractivity contribution in [2.45, 2.75) is 0 Å². The Labute approximate surface area is 383 Å². The fraction of sp³-hybridized carbons (Fsp3) is 0. The molecule has 12 aromatic carbocycles. The minimum Gasteiger partial charge on any atom is -0.247 e. The molecule has 0 aliphatic heterocycles. The van der Waals surface area contributed by atoms with Crippen LogP contribution in [0.5, 0.6) is 0 Å². The second kappa shape index (κ2) is 15.6. The monoisotopic (exact) mass is 835 g/mol. The van der Waals surface area contributed by atoms with Crippen molar-refractivity contribution in [2.24, 2.45) is 0 Å². The Morgan fingerprint density at radius 1 is 0.227 bits per heavy atom. The fourth-order valence-electron chi connectivity index (χ4n) is 10.7. The standard InChI is InChI=1S/C65H41N/c1-2-19-43(20-3-1)48-22-6-8-24-50(48)51-25-9-7-23-49(51)44-35-37-45(38-36-44)62-54-28-12-14-30-56(54)63(57-31-15-13-29-55(57)62)59-41-60-64(53-27-11-10-26-52(53)59)58-32-16-17-33-61(58)66-65(60)47-39-34-42-18-4-5-21-46(42)40-47/h1-41H. The van der Waals surface area contributed by atoms with E-state index in [2.05, 4.69) is 249 Å². The third-order valence-corrected chi connectivity index (χ3v) is 13.6. The Balaban J connectivity index is 1.03. The van der Waals surface area contributed by atoms with Crippen molar-refractivity contribution < 1.29 is 0 Å². The zero-order chi connectivity index (χ0) is 43.6. The van der Waals surface area contributed by atoms with Gasteiger partial charge < -0.3 is 0 Å². The molecule has 0 radical (unpaired) electrons. The summed E-state index contributed by atoms with van der Waals surface area (Å²) in [5.41, 5.74) is 15.3. The Hall–Kier alpha value is -8.65. The molecule has 0 fully saturated rings. The van der Waals surface area contributed by atoms with Crippen LogP contribution in [-0.4, -0.2) is 4.98 Å². The van der Waals surface area contributed by atoms with Gasteiger partial charge in [0.1, 0.15) is 0 Å². The first kappa shape index (κ1) is 37.9. The zero-order valence-electron chi connectivity index (χ0n) is 36.1. The molecule has 13 aromatic rings. The van der Waals surface area contributed by atoms with Crippen molar-refractivity contribution in [3.05, 3.63) is 249 Å². The molecular formula is C65H41N. The minimum absolute atomic E-state index is 0.997. The molecule has 13 rings (SSSR count). The van der Waals surface area contributed by atoms with Gasteiger partial charge in [-0.1, -0.05) is 231 Å². The summed E-state index contributed by atoms with van der Waals surface area (Å²) in [5.74, 6) is 0. The molecule has 1 heteroatoms. The van der Waals surface area contributed by atoms with Crippen molar-refractivity contribution in [3.63, 3.8) is 0 Å². The van der Waals surface area contributed by atoms with Gasteiger partial charge in [-0.3, -0.25) is 0 Å². The van der Waals surface area contributed by atoms with E-state index >= 15 is 0 Å². The summed E-state index contributed by atoms with van der Waals surface area (Å²) in [6.07, 6.45) is 0. The average Bonchev–Trinajstić information content (AvgIpc) is 3.40. The van der Waals surface area contributed by atoms with Gasteiger partial charge in [0, 0.05) is 21.7 Å². The van der Waals surface area contributed by atoms with Gasteiger partial charge in [0.05, 0.1) is 11.2 Å². The molecule has 0 saturated carbocycles. The molecular weight excluding hydrogens is 795 g/mol. The van der Waals surface area contributed by atoms with E-state index in [-0.39, 0.29) is 0 Å². The maximum atomic E-state index is 5.47. The summed E-state index contributed by atoms with van der Waals surface area (Å²) >= 11 is 0. The lowest BCUT2D eigenvalue weighted by Crippen LogP contribution is -1.95. The molecule has 0 spiro atoms. The van der Waals surface area contributed by atoms with E-state index < -0.39 is 0 Å². The van der Waals surface area contributed by atoms with Crippen LogP contribution >= 0.6 is 0 Å². The maximum Gasteiger partial charge on any atom is 0.0788 e. The molecule has 1 nitrogen and oxygen atoms in total. The van der Waals surface area contributed by atoms with E-state index in [0.717, 1.165) is 27.5 Å². The smallest absolute Gasteiger partial charge is 0.0788 e. The molecule has 1 aromatic heterocycles. The van der Waals surface area contributed by atoms with E-state index in [1.807, 2.05) is 0 Å². The van der Waals surface area contributed by atoms with Crippen molar-refractivity contribution in [2.75, 3.05) is 0 Å². The molecule has 0 aliphatic rings. The highest BCUT2D eigenvalue weighted by molar-refractivity contribution is 6.29. The summed E-state index contributed by atoms with van der Waals surface area (Å²) in [7, 11) is 0. The number of hydrogen-bond donors (Lipinski definition) is 0. The second-order valence-electron chi connectivity index (χ2n) is 17.3. The van der Waals surface area contributed by atoms with Crippen molar-refractivity contribution >= 4 is 64.8 Å². The Kier molecular flexibility index (Phi) is 8.92. The molecule has 0 atom stereocenters. The van der Waals surface area contributed by atoms with Crippen LogP contribution in [0.15, 0.2) is 249 Å². The number of hydrogen-bond acceptors (Lipinski definition) is 1. The van der Waals surface area contributed by atoms with Crippen LogP contribution in [0.2, 0.25) is 0 Å². The number of fused-ring (bicyclic) bond motifs is 8. The van der Waals surface area contributed by atoms with Crippen molar-refractivity contribution in [1.29, 1.82) is 0 Å². The third kappa shape index (κ3) is 6.13. The third-order valence-electron chi connectivity index (χ3n) is 13.6. The largest absolute Gasteiger partial charge is 0.247 e. The summed E-state index contributed by atoms with van der Waals surface area (Å²) in [4.78, 5) is 5.47. The quantitative estimate of drug-likeness (QED) is 0.120. The molecule has 0 amide bonds. The van der Waals surface area contributed by atoms with Crippen LogP contribution < -0.4 is 0 Å². The lowest BCUT2D eigenvalue weighted by atomic mass is 9.83. The highest BCUT2D eigenvalue weighted by atomic mass is 14.7. The van der Waals surface area contributed by atoms with Gasteiger partial charge in [-0.2, -0.15) is 0 Å².